The van der Waals surface area contributed by atoms with Crippen molar-refractivity contribution in [1.82, 2.24) is 5.32 Å². The van der Waals surface area contributed by atoms with Gasteiger partial charge < -0.3 is 5.73 Å². The molecule has 2 unspecified atom stereocenters. The van der Waals surface area contributed by atoms with E-state index in [2.05, 4.69) is 163 Å². The molecule has 230 valence electrons. The topological polar surface area (TPSA) is 50.4 Å². The van der Waals surface area contributed by atoms with E-state index in [0.717, 1.165) is 44.3 Å². The van der Waals surface area contributed by atoms with Crippen LogP contribution in [0.25, 0.3) is 54.6 Å². The van der Waals surface area contributed by atoms with Crippen LogP contribution in [0.5, 0.6) is 0 Å². The van der Waals surface area contributed by atoms with Crippen molar-refractivity contribution in [3.05, 3.63) is 193 Å². The Labute approximate surface area is 281 Å². The Morgan fingerprint density at radius 1 is 0.438 bits per heavy atom. The van der Waals surface area contributed by atoms with Crippen molar-refractivity contribution in [2.75, 3.05) is 0 Å². The quantitative estimate of drug-likeness (QED) is 0.0771. The lowest BCUT2D eigenvalue weighted by atomic mass is 9.93. The minimum absolute atomic E-state index is 0.429. The third kappa shape index (κ3) is 5.89. The summed E-state index contributed by atoms with van der Waals surface area (Å²) in [6.45, 7) is 0. The highest BCUT2D eigenvalue weighted by Crippen LogP contribution is 2.35. The van der Waals surface area contributed by atoms with Gasteiger partial charge in [-0.15, -0.1) is 0 Å². The Morgan fingerprint density at radius 2 is 1.00 bits per heavy atom. The predicted molar refractivity (Wildman–Crippen MR) is 203 cm³/mol. The van der Waals surface area contributed by atoms with Gasteiger partial charge in [0, 0.05) is 11.8 Å². The lowest BCUT2D eigenvalue weighted by Crippen LogP contribution is -2.31. The van der Waals surface area contributed by atoms with E-state index < -0.39 is 12.3 Å². The van der Waals surface area contributed by atoms with E-state index in [1.54, 1.807) is 0 Å². The van der Waals surface area contributed by atoms with Gasteiger partial charge in [0.05, 0.1) is 6.17 Å². The van der Waals surface area contributed by atoms with Gasteiger partial charge in [0.25, 0.3) is 0 Å². The number of nitrogens with zero attached hydrogens (tertiary/aromatic N) is 1. The molecule has 0 amide bonds. The summed E-state index contributed by atoms with van der Waals surface area (Å²) in [5.74, 6) is 0. The summed E-state index contributed by atoms with van der Waals surface area (Å²) in [6.07, 6.45) is 1.19. The second kappa shape index (κ2) is 13.1. The fourth-order valence-corrected chi connectivity index (χ4v) is 6.70. The van der Waals surface area contributed by atoms with Gasteiger partial charge in [-0.1, -0.05) is 152 Å². The van der Waals surface area contributed by atoms with Gasteiger partial charge in [0.2, 0.25) is 0 Å². The Morgan fingerprint density at radius 3 is 1.67 bits per heavy atom. The number of benzene rings is 8. The molecule has 0 saturated carbocycles. The van der Waals surface area contributed by atoms with Gasteiger partial charge in [-0.2, -0.15) is 0 Å². The van der Waals surface area contributed by atoms with Crippen LogP contribution in [-0.4, -0.2) is 6.21 Å². The highest BCUT2D eigenvalue weighted by molar-refractivity contribution is 6.20. The van der Waals surface area contributed by atoms with Crippen molar-refractivity contribution in [2.45, 2.75) is 12.3 Å². The molecule has 3 heteroatoms. The predicted octanol–water partition coefficient (Wildman–Crippen LogP) is 10.8. The summed E-state index contributed by atoms with van der Waals surface area (Å²) in [7, 11) is 0. The second-order valence-electron chi connectivity index (χ2n) is 12.2. The smallest absolute Gasteiger partial charge is 0.127 e. The van der Waals surface area contributed by atoms with Gasteiger partial charge in [0.1, 0.15) is 6.17 Å². The molecule has 48 heavy (non-hydrogen) atoms. The number of aliphatic imine (C=N–C) groups is 1. The van der Waals surface area contributed by atoms with Crippen molar-refractivity contribution in [3.8, 4) is 22.3 Å². The summed E-state index contributed by atoms with van der Waals surface area (Å²) < 4.78 is 0. The highest BCUT2D eigenvalue weighted by Gasteiger charge is 2.18. The van der Waals surface area contributed by atoms with Crippen LogP contribution in [0.2, 0.25) is 0 Å². The van der Waals surface area contributed by atoms with Crippen LogP contribution in [0, 0.1) is 0 Å². The summed E-state index contributed by atoms with van der Waals surface area (Å²) in [5.41, 5.74) is 14.6. The van der Waals surface area contributed by atoms with E-state index in [1.165, 1.54) is 26.9 Å². The molecule has 0 bridgehead atoms. The molecule has 2 atom stereocenters. The van der Waals surface area contributed by atoms with Crippen molar-refractivity contribution in [3.63, 3.8) is 0 Å². The standard InChI is InChI=1S/C45H35N3/c46-44(34-19-8-3-9-20-34)48-45(38-27-36(31-14-4-1-5-15-31)26-37(28-38)32-16-6-2-7-17-32)47-30-43-40-23-13-11-21-35(40)29-42-39-22-12-10-18-33(39)24-25-41(42)43/h1-30,44-45,48H,46H2. The Balaban J connectivity index is 1.32. The van der Waals surface area contributed by atoms with Crippen LogP contribution in [0.4, 0.5) is 0 Å². The number of nitrogens with two attached hydrogens (primary N) is 1. The lowest BCUT2D eigenvalue weighted by molar-refractivity contribution is 0.467. The van der Waals surface area contributed by atoms with Crippen molar-refractivity contribution < 1.29 is 0 Å². The Hall–Kier alpha value is -5.87. The molecule has 8 rings (SSSR count). The summed E-state index contributed by atoms with van der Waals surface area (Å²) in [6, 6.07) is 61.8. The first-order chi connectivity index (χ1) is 23.7. The molecule has 0 spiro atoms. The Kier molecular flexibility index (Phi) is 8.05. The van der Waals surface area contributed by atoms with Gasteiger partial charge >= 0.3 is 0 Å². The van der Waals surface area contributed by atoms with E-state index >= 15 is 0 Å². The summed E-state index contributed by atoms with van der Waals surface area (Å²) >= 11 is 0. The SMILES string of the molecule is NC(NC(N=Cc1c2ccccc2cc2c1ccc1ccccc12)c1cc(-c2ccccc2)cc(-c2ccccc2)c1)c1ccccc1. The molecule has 8 aromatic carbocycles. The third-order valence-corrected chi connectivity index (χ3v) is 9.15. The summed E-state index contributed by atoms with van der Waals surface area (Å²) in [4.78, 5) is 5.36. The largest absolute Gasteiger partial charge is 0.312 e. The molecular formula is C45H35N3. The second-order valence-corrected chi connectivity index (χ2v) is 12.2. The molecule has 0 aliphatic rings. The highest BCUT2D eigenvalue weighted by atomic mass is 15.1. The van der Waals surface area contributed by atoms with Crippen LogP contribution in [0.1, 0.15) is 29.0 Å². The zero-order valence-electron chi connectivity index (χ0n) is 26.5. The number of rotatable bonds is 8. The van der Waals surface area contributed by atoms with Crippen molar-refractivity contribution >= 4 is 38.5 Å². The Bertz CT molecular complexity index is 2320. The van der Waals surface area contributed by atoms with E-state index in [9.17, 15) is 0 Å². The van der Waals surface area contributed by atoms with Crippen molar-refractivity contribution in [1.29, 1.82) is 0 Å². The average molecular weight is 618 g/mol. The van der Waals surface area contributed by atoms with Crippen molar-refractivity contribution in [2.24, 2.45) is 10.7 Å². The zero-order chi connectivity index (χ0) is 32.3. The molecule has 0 saturated heterocycles. The van der Waals surface area contributed by atoms with E-state index in [-0.39, 0.29) is 0 Å². The molecule has 0 aliphatic heterocycles. The van der Waals surface area contributed by atoms with Gasteiger partial charge in [-0.25, -0.2) is 0 Å². The molecule has 3 nitrogen and oxygen atoms in total. The summed E-state index contributed by atoms with van der Waals surface area (Å²) in [5, 5.41) is 10.9. The molecule has 0 aromatic heterocycles. The monoisotopic (exact) mass is 617 g/mol. The molecule has 0 aliphatic carbocycles. The van der Waals surface area contributed by atoms with Crippen LogP contribution in [0.3, 0.4) is 0 Å². The first-order valence-electron chi connectivity index (χ1n) is 16.4. The minimum atomic E-state index is -0.430. The number of hydrogen-bond donors (Lipinski definition) is 2. The first-order valence-corrected chi connectivity index (χ1v) is 16.4. The molecule has 8 aromatic rings. The molecule has 0 heterocycles. The van der Waals surface area contributed by atoms with Crippen LogP contribution >= 0.6 is 0 Å². The van der Waals surface area contributed by atoms with Gasteiger partial charge in [-0.3, -0.25) is 10.3 Å². The minimum Gasteiger partial charge on any atom is -0.312 e. The van der Waals surface area contributed by atoms with Crippen LogP contribution in [-0.2, 0) is 0 Å². The van der Waals surface area contributed by atoms with Gasteiger partial charge in [0.15, 0.2) is 0 Å². The zero-order valence-corrected chi connectivity index (χ0v) is 26.5. The fraction of sp³-hybridized carbons (Fsp3) is 0.0444. The number of hydrogen-bond acceptors (Lipinski definition) is 3. The molecule has 3 N–H and O–H groups in total. The van der Waals surface area contributed by atoms with E-state index in [0.29, 0.717) is 0 Å². The van der Waals surface area contributed by atoms with E-state index in [4.69, 9.17) is 10.7 Å². The van der Waals surface area contributed by atoms with Crippen LogP contribution in [0.15, 0.2) is 181 Å². The average Bonchev–Trinajstić information content (AvgIpc) is 3.16. The maximum Gasteiger partial charge on any atom is 0.127 e. The molecular weight excluding hydrogens is 583 g/mol. The maximum atomic E-state index is 6.86. The van der Waals surface area contributed by atoms with Crippen LogP contribution < -0.4 is 11.1 Å². The fourth-order valence-electron chi connectivity index (χ4n) is 6.70. The number of nitrogens with one attached hydrogen (secondary N) is 1. The third-order valence-electron chi connectivity index (χ3n) is 9.15. The number of fused-ring (bicyclic) bond motifs is 4. The normalized spacial score (nSPS) is 12.9. The maximum absolute atomic E-state index is 6.86. The van der Waals surface area contributed by atoms with Gasteiger partial charge in [-0.05, 0) is 90.0 Å². The lowest BCUT2D eigenvalue weighted by Gasteiger charge is -2.23. The first kappa shape index (κ1) is 29.5. The molecule has 0 radical (unpaired) electrons. The van der Waals surface area contributed by atoms with E-state index in [1.807, 2.05) is 24.4 Å². The molecule has 0 fully saturated rings.